The molecule has 0 fully saturated rings. The quantitative estimate of drug-likeness (QED) is 0.415. The first-order valence-corrected chi connectivity index (χ1v) is 4.78. The van der Waals surface area contributed by atoms with Crippen LogP contribution >= 0.6 is 12.2 Å². The minimum atomic E-state index is -0.443. The van der Waals surface area contributed by atoms with Crippen LogP contribution < -0.4 is 21.3 Å². The lowest BCUT2D eigenvalue weighted by molar-refractivity contribution is 0.321. The van der Waals surface area contributed by atoms with Crippen molar-refractivity contribution in [3.8, 4) is 5.75 Å². The molecule has 0 spiro atoms. The summed E-state index contributed by atoms with van der Waals surface area (Å²) in [6, 6.07) is 4.46. The van der Waals surface area contributed by atoms with E-state index < -0.39 is 5.82 Å². The molecule has 0 radical (unpaired) electrons. The molecule has 6 heteroatoms. The second kappa shape index (κ2) is 5.47. The first kappa shape index (κ1) is 11.7. The van der Waals surface area contributed by atoms with Gasteiger partial charge in [-0.05, 0) is 31.3 Å². The number of halogens is 1. The Labute approximate surface area is 92.6 Å². The fourth-order valence-electron chi connectivity index (χ4n) is 1.02. The molecule has 0 unspecified atom stereocenters. The van der Waals surface area contributed by atoms with Gasteiger partial charge in [0.15, 0.2) is 16.7 Å². The predicted molar refractivity (Wildman–Crippen MR) is 61.1 cm³/mol. The zero-order valence-electron chi connectivity index (χ0n) is 8.21. The maximum Gasteiger partial charge on any atom is 0.185 e. The fourth-order valence-corrected chi connectivity index (χ4v) is 1.14. The van der Waals surface area contributed by atoms with E-state index in [1.165, 1.54) is 12.1 Å². The topological polar surface area (TPSA) is 59.3 Å². The number of hydrazine groups is 1. The third kappa shape index (κ3) is 3.34. The Morgan fingerprint density at radius 3 is 2.87 bits per heavy atom. The van der Waals surface area contributed by atoms with Gasteiger partial charge >= 0.3 is 0 Å². The SMILES string of the molecule is CCOc1ccc(NC(=S)NN)cc1F. The Kier molecular flexibility index (Phi) is 4.26. The zero-order chi connectivity index (χ0) is 11.3. The van der Waals surface area contributed by atoms with Crippen LogP contribution in [0.15, 0.2) is 18.2 Å². The molecule has 1 rings (SSSR count). The van der Waals surface area contributed by atoms with Crippen molar-refractivity contribution in [2.75, 3.05) is 11.9 Å². The van der Waals surface area contributed by atoms with Gasteiger partial charge in [-0.1, -0.05) is 0 Å². The number of nitrogens with one attached hydrogen (secondary N) is 2. The van der Waals surface area contributed by atoms with Crippen molar-refractivity contribution in [2.45, 2.75) is 6.92 Å². The largest absolute Gasteiger partial charge is 0.491 e. The molecular weight excluding hydrogens is 217 g/mol. The highest BCUT2D eigenvalue weighted by Gasteiger charge is 2.04. The lowest BCUT2D eigenvalue weighted by Gasteiger charge is -2.09. The molecule has 0 saturated heterocycles. The summed E-state index contributed by atoms with van der Waals surface area (Å²) in [6.45, 7) is 2.21. The van der Waals surface area contributed by atoms with Gasteiger partial charge in [-0.25, -0.2) is 10.2 Å². The van der Waals surface area contributed by atoms with Crippen molar-refractivity contribution >= 4 is 23.0 Å². The number of anilines is 1. The molecular formula is C9H12FN3OS. The van der Waals surface area contributed by atoms with Gasteiger partial charge in [-0.3, -0.25) is 0 Å². The third-order valence-corrected chi connectivity index (χ3v) is 1.84. The summed E-state index contributed by atoms with van der Waals surface area (Å²) in [6.07, 6.45) is 0. The molecule has 4 N–H and O–H groups in total. The van der Waals surface area contributed by atoms with E-state index in [9.17, 15) is 4.39 Å². The zero-order valence-corrected chi connectivity index (χ0v) is 9.03. The first-order valence-electron chi connectivity index (χ1n) is 4.37. The van der Waals surface area contributed by atoms with Crippen LogP contribution in [0.2, 0.25) is 0 Å². The number of benzene rings is 1. The first-order chi connectivity index (χ1) is 7.17. The Morgan fingerprint density at radius 1 is 1.60 bits per heavy atom. The highest BCUT2D eigenvalue weighted by atomic mass is 32.1. The van der Waals surface area contributed by atoms with Gasteiger partial charge in [-0.2, -0.15) is 0 Å². The van der Waals surface area contributed by atoms with Crippen LogP contribution in [0.1, 0.15) is 6.92 Å². The number of hydrogen-bond donors (Lipinski definition) is 3. The molecule has 0 atom stereocenters. The van der Waals surface area contributed by atoms with E-state index >= 15 is 0 Å². The van der Waals surface area contributed by atoms with Crippen molar-refractivity contribution < 1.29 is 9.13 Å². The molecule has 0 aliphatic carbocycles. The van der Waals surface area contributed by atoms with Gasteiger partial charge in [0, 0.05) is 11.8 Å². The second-order valence-electron chi connectivity index (χ2n) is 2.68. The molecule has 15 heavy (non-hydrogen) atoms. The maximum atomic E-state index is 13.3. The second-order valence-corrected chi connectivity index (χ2v) is 3.08. The summed E-state index contributed by atoms with van der Waals surface area (Å²) in [4.78, 5) is 0. The molecule has 1 aromatic rings. The van der Waals surface area contributed by atoms with E-state index in [0.29, 0.717) is 12.3 Å². The van der Waals surface area contributed by atoms with Gasteiger partial charge in [0.2, 0.25) is 0 Å². The highest BCUT2D eigenvalue weighted by Crippen LogP contribution is 2.20. The smallest absolute Gasteiger partial charge is 0.185 e. The van der Waals surface area contributed by atoms with Crippen molar-refractivity contribution in [2.24, 2.45) is 5.84 Å². The van der Waals surface area contributed by atoms with Crippen LogP contribution in [0.3, 0.4) is 0 Å². The van der Waals surface area contributed by atoms with Crippen LogP contribution in [-0.4, -0.2) is 11.7 Å². The third-order valence-electron chi connectivity index (χ3n) is 1.62. The Bertz CT molecular complexity index is 359. The van der Waals surface area contributed by atoms with E-state index in [1.54, 1.807) is 13.0 Å². The number of ether oxygens (including phenoxy) is 1. The van der Waals surface area contributed by atoms with Crippen molar-refractivity contribution in [3.05, 3.63) is 24.0 Å². The number of rotatable bonds is 3. The average molecular weight is 229 g/mol. The highest BCUT2D eigenvalue weighted by molar-refractivity contribution is 7.80. The molecule has 1 aromatic carbocycles. The summed E-state index contributed by atoms with van der Waals surface area (Å²) in [7, 11) is 0. The van der Waals surface area contributed by atoms with Crippen LogP contribution in [0.25, 0.3) is 0 Å². The van der Waals surface area contributed by atoms with Crippen LogP contribution in [0.4, 0.5) is 10.1 Å². The van der Waals surface area contributed by atoms with Crippen molar-refractivity contribution in [1.82, 2.24) is 5.43 Å². The Morgan fingerprint density at radius 2 is 2.33 bits per heavy atom. The van der Waals surface area contributed by atoms with E-state index in [1.807, 2.05) is 0 Å². The predicted octanol–water partition coefficient (Wildman–Crippen LogP) is 1.38. The van der Waals surface area contributed by atoms with Gasteiger partial charge < -0.3 is 15.5 Å². The van der Waals surface area contributed by atoms with E-state index in [-0.39, 0.29) is 10.9 Å². The Hall–Kier alpha value is -1.40. The van der Waals surface area contributed by atoms with Crippen LogP contribution in [-0.2, 0) is 0 Å². The van der Waals surface area contributed by atoms with E-state index in [2.05, 4.69) is 10.7 Å². The standard InChI is InChI=1S/C9H12FN3OS/c1-2-14-8-4-3-6(5-7(8)10)12-9(15)13-11/h3-5H,2,11H2,1H3,(H2,12,13,15). The molecule has 0 saturated carbocycles. The van der Waals surface area contributed by atoms with E-state index in [0.717, 1.165) is 0 Å². The van der Waals surface area contributed by atoms with Gasteiger partial charge in [0.25, 0.3) is 0 Å². The van der Waals surface area contributed by atoms with Gasteiger partial charge in [0.05, 0.1) is 6.61 Å². The molecule has 0 bridgehead atoms. The molecule has 0 heterocycles. The number of thiocarbonyl (C=S) groups is 1. The van der Waals surface area contributed by atoms with Crippen LogP contribution in [0, 0.1) is 5.82 Å². The van der Waals surface area contributed by atoms with Gasteiger partial charge in [0.1, 0.15) is 0 Å². The summed E-state index contributed by atoms with van der Waals surface area (Å²) >= 11 is 4.76. The monoisotopic (exact) mass is 229 g/mol. The minimum absolute atomic E-state index is 0.217. The number of nitrogens with two attached hydrogens (primary N) is 1. The molecule has 0 aliphatic heterocycles. The average Bonchev–Trinajstić information content (AvgIpc) is 2.22. The molecule has 82 valence electrons. The van der Waals surface area contributed by atoms with E-state index in [4.69, 9.17) is 22.8 Å². The summed E-state index contributed by atoms with van der Waals surface area (Å²) < 4.78 is 18.4. The van der Waals surface area contributed by atoms with Crippen molar-refractivity contribution in [1.29, 1.82) is 0 Å². The minimum Gasteiger partial charge on any atom is -0.491 e. The lowest BCUT2D eigenvalue weighted by atomic mass is 10.3. The molecule has 4 nitrogen and oxygen atoms in total. The van der Waals surface area contributed by atoms with Gasteiger partial charge in [-0.15, -0.1) is 0 Å². The summed E-state index contributed by atoms with van der Waals surface area (Å²) in [5.41, 5.74) is 2.75. The maximum absolute atomic E-state index is 13.3. The lowest BCUT2D eigenvalue weighted by Crippen LogP contribution is -2.34. The fraction of sp³-hybridized carbons (Fsp3) is 0.222. The molecule has 0 amide bonds. The van der Waals surface area contributed by atoms with Crippen molar-refractivity contribution in [3.63, 3.8) is 0 Å². The summed E-state index contributed by atoms with van der Waals surface area (Å²) in [5.74, 6) is 4.84. The normalized spacial score (nSPS) is 9.53. The Balaban J connectivity index is 2.77. The van der Waals surface area contributed by atoms with Crippen LogP contribution in [0.5, 0.6) is 5.75 Å². The molecule has 0 aromatic heterocycles. The molecule has 0 aliphatic rings. The summed E-state index contributed by atoms with van der Waals surface area (Å²) in [5, 5.41) is 2.92. The number of hydrogen-bond acceptors (Lipinski definition) is 3.